The number of hydrogen-bond acceptors (Lipinski definition) is 6. The predicted octanol–water partition coefficient (Wildman–Crippen LogP) is 4.30. The number of thioether (sulfide) groups is 1. The predicted molar refractivity (Wildman–Crippen MR) is 105 cm³/mol. The van der Waals surface area contributed by atoms with Crippen LogP contribution in [-0.2, 0) is 11.2 Å². The zero-order valence-corrected chi connectivity index (χ0v) is 16.3. The standard InChI is InChI=1S/C18H20N4OS2/c1-5-15-21-22-18(25-15)19-14(23)9-24-17-12(4)8-13-10(2)6-7-11(3)16(13)20-17/h6-8H,5,9H2,1-4H3,(H,19,22,23). The number of carbonyl (C=O) groups excluding carboxylic acids is 1. The number of hydrogen-bond donors (Lipinski definition) is 1. The van der Waals surface area contributed by atoms with Gasteiger partial charge in [-0.1, -0.05) is 42.2 Å². The van der Waals surface area contributed by atoms with Crippen molar-refractivity contribution in [3.8, 4) is 0 Å². The molecule has 7 heteroatoms. The Hall–Kier alpha value is -1.99. The smallest absolute Gasteiger partial charge is 0.236 e. The average molecular weight is 373 g/mol. The van der Waals surface area contributed by atoms with Gasteiger partial charge in [0.25, 0.3) is 0 Å². The highest BCUT2D eigenvalue weighted by atomic mass is 32.2. The van der Waals surface area contributed by atoms with E-state index in [1.807, 2.05) is 13.8 Å². The summed E-state index contributed by atoms with van der Waals surface area (Å²) in [5.74, 6) is 0.205. The molecule has 0 saturated heterocycles. The lowest BCUT2D eigenvalue weighted by atomic mass is 10.0. The van der Waals surface area contributed by atoms with Crippen LogP contribution in [0.25, 0.3) is 10.9 Å². The minimum atomic E-state index is -0.0916. The molecule has 0 spiro atoms. The normalized spacial score (nSPS) is 11.0. The molecule has 3 rings (SSSR count). The van der Waals surface area contributed by atoms with Gasteiger partial charge in [0.1, 0.15) is 10.0 Å². The number of benzene rings is 1. The molecule has 5 nitrogen and oxygen atoms in total. The summed E-state index contributed by atoms with van der Waals surface area (Å²) in [7, 11) is 0. The highest BCUT2D eigenvalue weighted by Crippen LogP contribution is 2.28. The van der Waals surface area contributed by atoms with Gasteiger partial charge in [-0.3, -0.25) is 10.1 Å². The molecule has 0 bridgehead atoms. The second-order valence-corrected chi connectivity index (χ2v) is 7.92. The van der Waals surface area contributed by atoms with Crippen LogP contribution in [-0.4, -0.2) is 26.8 Å². The molecule has 0 saturated carbocycles. The molecule has 0 atom stereocenters. The van der Waals surface area contributed by atoms with Crippen molar-refractivity contribution in [1.29, 1.82) is 0 Å². The summed E-state index contributed by atoms with van der Waals surface area (Å²) in [5, 5.41) is 14.3. The van der Waals surface area contributed by atoms with E-state index in [-0.39, 0.29) is 5.91 Å². The number of nitrogens with zero attached hydrogens (tertiary/aromatic N) is 3. The molecule has 25 heavy (non-hydrogen) atoms. The largest absolute Gasteiger partial charge is 0.300 e. The lowest BCUT2D eigenvalue weighted by molar-refractivity contribution is -0.113. The Morgan fingerprint density at radius 1 is 1.16 bits per heavy atom. The minimum absolute atomic E-state index is 0.0916. The zero-order chi connectivity index (χ0) is 18.0. The molecular weight excluding hydrogens is 352 g/mol. The number of rotatable bonds is 5. The van der Waals surface area contributed by atoms with Crippen LogP contribution >= 0.6 is 23.1 Å². The van der Waals surface area contributed by atoms with Crippen molar-refractivity contribution < 1.29 is 4.79 Å². The van der Waals surface area contributed by atoms with Crippen LogP contribution in [0.3, 0.4) is 0 Å². The first-order valence-corrected chi connectivity index (χ1v) is 9.90. The van der Waals surface area contributed by atoms with Gasteiger partial charge in [-0.2, -0.15) is 0 Å². The zero-order valence-electron chi connectivity index (χ0n) is 14.7. The van der Waals surface area contributed by atoms with E-state index in [1.165, 1.54) is 34.0 Å². The van der Waals surface area contributed by atoms with Gasteiger partial charge in [0.2, 0.25) is 11.0 Å². The Kier molecular flexibility index (Phi) is 5.34. The molecule has 1 N–H and O–H groups in total. The van der Waals surface area contributed by atoms with Gasteiger partial charge >= 0.3 is 0 Å². The summed E-state index contributed by atoms with van der Waals surface area (Å²) < 4.78 is 0. The van der Waals surface area contributed by atoms with Gasteiger partial charge in [0.15, 0.2) is 0 Å². The van der Waals surface area contributed by atoms with Crippen molar-refractivity contribution in [3.05, 3.63) is 39.9 Å². The van der Waals surface area contributed by atoms with Crippen LogP contribution in [0, 0.1) is 20.8 Å². The molecule has 0 unspecified atom stereocenters. The highest BCUT2D eigenvalue weighted by Gasteiger charge is 2.12. The average Bonchev–Trinajstić information content (AvgIpc) is 3.04. The molecule has 1 amide bonds. The number of carbonyl (C=O) groups is 1. The number of aromatic nitrogens is 3. The second kappa shape index (κ2) is 7.49. The Balaban J connectivity index is 1.73. The van der Waals surface area contributed by atoms with E-state index < -0.39 is 0 Å². The highest BCUT2D eigenvalue weighted by molar-refractivity contribution is 8.00. The molecule has 1 aromatic carbocycles. The molecule has 0 aliphatic rings. The lowest BCUT2D eigenvalue weighted by Crippen LogP contribution is -2.14. The molecule has 2 aromatic heterocycles. The van der Waals surface area contributed by atoms with Crippen molar-refractivity contribution in [2.75, 3.05) is 11.1 Å². The Bertz CT molecular complexity index is 936. The van der Waals surface area contributed by atoms with Crippen molar-refractivity contribution in [2.45, 2.75) is 39.1 Å². The van der Waals surface area contributed by atoms with E-state index in [9.17, 15) is 4.79 Å². The third-order valence-electron chi connectivity index (χ3n) is 3.90. The third kappa shape index (κ3) is 3.99. The topological polar surface area (TPSA) is 67.8 Å². The van der Waals surface area contributed by atoms with Crippen LogP contribution in [0.2, 0.25) is 0 Å². The fourth-order valence-corrected chi connectivity index (χ4v) is 3.98. The fraction of sp³-hybridized carbons (Fsp3) is 0.333. The second-order valence-electron chi connectivity index (χ2n) is 5.90. The molecular formula is C18H20N4OS2. The lowest BCUT2D eigenvalue weighted by Gasteiger charge is -2.10. The van der Waals surface area contributed by atoms with Gasteiger partial charge < -0.3 is 0 Å². The van der Waals surface area contributed by atoms with Gasteiger partial charge in [0, 0.05) is 5.39 Å². The van der Waals surface area contributed by atoms with E-state index in [0.29, 0.717) is 10.9 Å². The van der Waals surface area contributed by atoms with Crippen LogP contribution in [0.1, 0.15) is 28.6 Å². The number of amides is 1. The van der Waals surface area contributed by atoms with E-state index in [2.05, 4.69) is 47.6 Å². The summed E-state index contributed by atoms with van der Waals surface area (Å²) in [6.45, 7) is 8.20. The van der Waals surface area contributed by atoms with E-state index in [1.54, 1.807) is 0 Å². The first-order valence-electron chi connectivity index (χ1n) is 8.10. The van der Waals surface area contributed by atoms with Crippen LogP contribution in [0.15, 0.2) is 23.2 Å². The maximum atomic E-state index is 12.2. The number of pyridine rings is 1. The van der Waals surface area contributed by atoms with Gasteiger partial charge in [-0.15, -0.1) is 10.2 Å². The summed E-state index contributed by atoms with van der Waals surface area (Å²) in [5.41, 5.74) is 4.45. The van der Waals surface area contributed by atoms with Crippen LogP contribution in [0.4, 0.5) is 5.13 Å². The van der Waals surface area contributed by atoms with Crippen LogP contribution < -0.4 is 5.32 Å². The fourth-order valence-electron chi connectivity index (χ4n) is 2.50. The summed E-state index contributed by atoms with van der Waals surface area (Å²) in [6.07, 6.45) is 0.821. The Labute approximate surface area is 155 Å². The Morgan fingerprint density at radius 3 is 2.64 bits per heavy atom. The number of nitrogens with one attached hydrogen (secondary N) is 1. The van der Waals surface area contributed by atoms with Crippen molar-refractivity contribution in [2.24, 2.45) is 0 Å². The molecule has 3 aromatic rings. The first-order chi connectivity index (χ1) is 12.0. The SMILES string of the molecule is CCc1nnc(NC(=O)CSc2nc3c(C)ccc(C)c3cc2C)s1. The van der Waals surface area contributed by atoms with Gasteiger partial charge in [-0.05, 0) is 49.9 Å². The molecule has 0 fully saturated rings. The van der Waals surface area contributed by atoms with E-state index in [0.717, 1.165) is 33.1 Å². The summed E-state index contributed by atoms with van der Waals surface area (Å²) in [4.78, 5) is 16.9. The van der Waals surface area contributed by atoms with Gasteiger partial charge in [-0.25, -0.2) is 4.98 Å². The summed E-state index contributed by atoms with van der Waals surface area (Å²) in [6, 6.07) is 6.36. The maximum absolute atomic E-state index is 12.2. The molecule has 2 heterocycles. The molecule has 130 valence electrons. The minimum Gasteiger partial charge on any atom is -0.300 e. The molecule has 0 aliphatic heterocycles. The van der Waals surface area contributed by atoms with Crippen molar-refractivity contribution >= 4 is 45.0 Å². The van der Waals surface area contributed by atoms with E-state index in [4.69, 9.17) is 4.98 Å². The van der Waals surface area contributed by atoms with Crippen molar-refractivity contribution in [1.82, 2.24) is 15.2 Å². The monoisotopic (exact) mass is 372 g/mol. The molecule has 0 aliphatic carbocycles. The quantitative estimate of drug-likeness (QED) is 0.676. The first kappa shape index (κ1) is 17.8. The summed E-state index contributed by atoms with van der Waals surface area (Å²) >= 11 is 2.86. The third-order valence-corrected chi connectivity index (χ3v) is 5.98. The van der Waals surface area contributed by atoms with E-state index >= 15 is 0 Å². The Morgan fingerprint density at radius 2 is 1.92 bits per heavy atom. The molecule has 0 radical (unpaired) electrons. The van der Waals surface area contributed by atoms with Gasteiger partial charge in [0.05, 0.1) is 11.3 Å². The number of anilines is 1. The van der Waals surface area contributed by atoms with Crippen LogP contribution in [0.5, 0.6) is 0 Å². The number of fused-ring (bicyclic) bond motifs is 1. The van der Waals surface area contributed by atoms with Crippen molar-refractivity contribution in [3.63, 3.8) is 0 Å². The number of aryl methyl sites for hydroxylation is 4. The maximum Gasteiger partial charge on any atom is 0.236 e.